The van der Waals surface area contributed by atoms with Crippen molar-refractivity contribution >= 4 is 17.6 Å². The largest absolute Gasteiger partial charge is 0.506 e. The Hall–Kier alpha value is -2.08. The molecule has 1 amide bonds. The summed E-state index contributed by atoms with van der Waals surface area (Å²) in [5.41, 5.74) is 0.169. The van der Waals surface area contributed by atoms with E-state index in [9.17, 15) is 14.7 Å². The zero-order valence-corrected chi connectivity index (χ0v) is 10.4. The minimum atomic E-state index is -1.13. The topological polar surface area (TPSA) is 95.9 Å². The van der Waals surface area contributed by atoms with Gasteiger partial charge in [0.05, 0.1) is 23.3 Å². The minimum absolute atomic E-state index is 0.0342. The number of ether oxygens (including phenoxy) is 1. The van der Waals surface area contributed by atoms with Crippen LogP contribution in [0.1, 0.15) is 23.7 Å². The van der Waals surface area contributed by atoms with Crippen LogP contribution in [-0.4, -0.2) is 34.8 Å². The molecule has 1 aromatic carbocycles. The van der Waals surface area contributed by atoms with E-state index < -0.39 is 5.97 Å². The van der Waals surface area contributed by atoms with Gasteiger partial charge in [-0.2, -0.15) is 0 Å². The number of carboxylic acid groups (broad SMARTS) is 1. The van der Waals surface area contributed by atoms with Crippen LogP contribution in [0.5, 0.6) is 5.75 Å². The van der Waals surface area contributed by atoms with Gasteiger partial charge in [0, 0.05) is 6.61 Å². The number of nitrogens with one attached hydrogen (secondary N) is 1. The van der Waals surface area contributed by atoms with Crippen LogP contribution in [0.15, 0.2) is 18.2 Å². The lowest BCUT2D eigenvalue weighted by Gasteiger charge is -2.14. The number of amides is 1. The fourth-order valence-corrected chi connectivity index (χ4v) is 2.07. The fourth-order valence-electron chi connectivity index (χ4n) is 2.07. The second kappa shape index (κ2) is 5.27. The molecule has 0 radical (unpaired) electrons. The second-order valence-electron chi connectivity index (χ2n) is 4.50. The average molecular weight is 265 g/mol. The van der Waals surface area contributed by atoms with E-state index in [4.69, 9.17) is 9.84 Å². The van der Waals surface area contributed by atoms with Gasteiger partial charge in [0.1, 0.15) is 5.75 Å². The number of phenols is 1. The number of aromatic carboxylic acids is 1. The van der Waals surface area contributed by atoms with Gasteiger partial charge in [-0.1, -0.05) is 0 Å². The number of aromatic hydroxyl groups is 1. The molecule has 1 aromatic rings. The van der Waals surface area contributed by atoms with E-state index in [0.29, 0.717) is 13.0 Å². The molecule has 6 heteroatoms. The van der Waals surface area contributed by atoms with E-state index in [2.05, 4.69) is 5.32 Å². The van der Waals surface area contributed by atoms with Crippen molar-refractivity contribution < 1.29 is 24.5 Å². The van der Waals surface area contributed by atoms with Crippen molar-refractivity contribution in [3.05, 3.63) is 23.8 Å². The van der Waals surface area contributed by atoms with Gasteiger partial charge in [-0.3, -0.25) is 4.79 Å². The Kier molecular flexibility index (Phi) is 3.71. The highest BCUT2D eigenvalue weighted by Crippen LogP contribution is 2.27. The number of benzene rings is 1. The van der Waals surface area contributed by atoms with Crippen LogP contribution in [0.4, 0.5) is 5.69 Å². The molecule has 19 heavy (non-hydrogen) atoms. The van der Waals surface area contributed by atoms with Gasteiger partial charge in [0.25, 0.3) is 0 Å². The van der Waals surface area contributed by atoms with Crippen molar-refractivity contribution in [1.82, 2.24) is 0 Å². The van der Waals surface area contributed by atoms with Crippen LogP contribution < -0.4 is 5.32 Å². The third-order valence-electron chi connectivity index (χ3n) is 3.22. The number of hydrogen-bond donors (Lipinski definition) is 3. The first kappa shape index (κ1) is 13.4. The molecule has 1 fully saturated rings. The number of hydrogen-bond acceptors (Lipinski definition) is 4. The lowest BCUT2D eigenvalue weighted by atomic mass is 10.0. The third-order valence-corrected chi connectivity index (χ3v) is 3.22. The molecule has 1 aliphatic rings. The summed E-state index contributed by atoms with van der Waals surface area (Å²) in [5.74, 6) is -1.88. The van der Waals surface area contributed by atoms with Crippen molar-refractivity contribution in [1.29, 1.82) is 0 Å². The smallest absolute Gasteiger partial charge is 0.335 e. The molecule has 3 N–H and O–H groups in total. The van der Waals surface area contributed by atoms with Crippen molar-refractivity contribution in [2.75, 3.05) is 11.9 Å². The molecule has 2 rings (SSSR count). The average Bonchev–Trinajstić information content (AvgIpc) is 2.77. The van der Waals surface area contributed by atoms with Gasteiger partial charge in [0.2, 0.25) is 5.91 Å². The summed E-state index contributed by atoms with van der Waals surface area (Å²) >= 11 is 0. The molecule has 0 bridgehead atoms. The monoisotopic (exact) mass is 265 g/mol. The summed E-state index contributed by atoms with van der Waals surface area (Å²) in [6.07, 6.45) is 0.487. The highest BCUT2D eigenvalue weighted by atomic mass is 16.5. The van der Waals surface area contributed by atoms with Crippen LogP contribution >= 0.6 is 0 Å². The molecule has 0 aliphatic carbocycles. The number of carbonyl (C=O) groups is 2. The van der Waals surface area contributed by atoms with Gasteiger partial charge in [-0.15, -0.1) is 0 Å². The number of carboxylic acids is 1. The quantitative estimate of drug-likeness (QED) is 0.719. The first-order chi connectivity index (χ1) is 8.99. The Morgan fingerprint density at radius 1 is 1.42 bits per heavy atom. The number of carbonyl (C=O) groups excluding carboxylic acids is 1. The molecule has 2 atom stereocenters. The highest BCUT2D eigenvalue weighted by molar-refractivity contribution is 5.96. The third kappa shape index (κ3) is 2.85. The zero-order chi connectivity index (χ0) is 14.0. The van der Waals surface area contributed by atoms with E-state index in [0.717, 1.165) is 6.07 Å². The standard InChI is InChI=1S/C13H15NO5/c1-7-9(4-5-19-7)12(16)14-10-3-2-8(13(17)18)6-11(10)15/h2-3,6-7,9,15H,4-5H2,1H3,(H,14,16)(H,17,18). The first-order valence-corrected chi connectivity index (χ1v) is 5.98. The summed E-state index contributed by atoms with van der Waals surface area (Å²) < 4.78 is 5.30. The summed E-state index contributed by atoms with van der Waals surface area (Å²) in [7, 11) is 0. The van der Waals surface area contributed by atoms with Crippen LogP contribution in [0.25, 0.3) is 0 Å². The Balaban J connectivity index is 2.11. The van der Waals surface area contributed by atoms with Crippen LogP contribution in [0, 0.1) is 5.92 Å². The lowest BCUT2D eigenvalue weighted by molar-refractivity contribution is -0.121. The Labute approximate surface area is 110 Å². The first-order valence-electron chi connectivity index (χ1n) is 5.98. The molecule has 1 heterocycles. The fraction of sp³-hybridized carbons (Fsp3) is 0.385. The second-order valence-corrected chi connectivity index (χ2v) is 4.50. The van der Waals surface area contributed by atoms with Crippen molar-refractivity contribution in [2.24, 2.45) is 5.92 Å². The SMILES string of the molecule is CC1OCCC1C(=O)Nc1ccc(C(=O)O)cc1O. The predicted octanol–water partition coefficient (Wildman–Crippen LogP) is 1.45. The summed E-state index contributed by atoms with van der Waals surface area (Å²) in [4.78, 5) is 22.7. The van der Waals surface area contributed by atoms with E-state index >= 15 is 0 Å². The van der Waals surface area contributed by atoms with E-state index in [1.165, 1.54) is 12.1 Å². The molecule has 2 unspecified atom stereocenters. The molecule has 6 nitrogen and oxygen atoms in total. The van der Waals surface area contributed by atoms with Gasteiger partial charge >= 0.3 is 5.97 Å². The van der Waals surface area contributed by atoms with Gasteiger partial charge in [-0.25, -0.2) is 4.79 Å². The lowest BCUT2D eigenvalue weighted by Crippen LogP contribution is -2.27. The molecular formula is C13H15NO5. The molecule has 1 aliphatic heterocycles. The van der Waals surface area contributed by atoms with Gasteiger partial charge in [-0.05, 0) is 31.5 Å². The molecule has 1 saturated heterocycles. The van der Waals surface area contributed by atoms with E-state index in [1.807, 2.05) is 6.92 Å². The number of rotatable bonds is 3. The van der Waals surface area contributed by atoms with E-state index in [1.54, 1.807) is 0 Å². The van der Waals surface area contributed by atoms with E-state index in [-0.39, 0.29) is 34.9 Å². The highest BCUT2D eigenvalue weighted by Gasteiger charge is 2.31. The number of phenolic OH excluding ortho intramolecular Hbond substituents is 1. The Morgan fingerprint density at radius 2 is 2.16 bits per heavy atom. The van der Waals surface area contributed by atoms with Crippen LogP contribution in [-0.2, 0) is 9.53 Å². The molecule has 102 valence electrons. The van der Waals surface area contributed by atoms with Crippen LogP contribution in [0.3, 0.4) is 0 Å². The van der Waals surface area contributed by atoms with Gasteiger partial charge in [0.15, 0.2) is 0 Å². The van der Waals surface area contributed by atoms with Crippen molar-refractivity contribution in [3.8, 4) is 5.75 Å². The summed E-state index contributed by atoms with van der Waals surface area (Å²) in [6.45, 7) is 2.37. The van der Waals surface area contributed by atoms with Crippen molar-refractivity contribution in [3.63, 3.8) is 0 Å². The Bertz CT molecular complexity index is 514. The number of anilines is 1. The summed E-state index contributed by atoms with van der Waals surface area (Å²) in [5, 5.41) is 21.0. The molecular weight excluding hydrogens is 250 g/mol. The molecule has 0 saturated carbocycles. The summed E-state index contributed by atoms with van der Waals surface area (Å²) in [6, 6.07) is 3.80. The van der Waals surface area contributed by atoms with Crippen LogP contribution in [0.2, 0.25) is 0 Å². The Morgan fingerprint density at radius 3 is 2.68 bits per heavy atom. The maximum absolute atomic E-state index is 12.0. The normalized spacial score (nSPS) is 22.2. The zero-order valence-electron chi connectivity index (χ0n) is 10.4. The van der Waals surface area contributed by atoms with Crippen molar-refractivity contribution in [2.45, 2.75) is 19.4 Å². The maximum atomic E-state index is 12.0. The molecule has 0 spiro atoms. The van der Waals surface area contributed by atoms with Gasteiger partial charge < -0.3 is 20.3 Å². The minimum Gasteiger partial charge on any atom is -0.506 e. The molecule has 0 aromatic heterocycles. The predicted molar refractivity (Wildman–Crippen MR) is 67.2 cm³/mol. The maximum Gasteiger partial charge on any atom is 0.335 e.